The summed E-state index contributed by atoms with van der Waals surface area (Å²) in [5, 5.41) is 10.9. The maximum Gasteiger partial charge on any atom is 0.175 e. The number of nitrogens with two attached hydrogens (primary N) is 1. The number of aryl methyl sites for hydroxylation is 2. The Hall–Kier alpha value is -1.59. The summed E-state index contributed by atoms with van der Waals surface area (Å²) in [4.78, 5) is 0. The molecule has 0 spiro atoms. The molecule has 3 nitrogen and oxygen atoms in total. The second-order valence-electron chi connectivity index (χ2n) is 4.08. The Morgan fingerprint density at radius 2 is 1.83 bits per heavy atom. The minimum atomic E-state index is 0.550. The molecule has 0 aliphatic carbocycles. The van der Waals surface area contributed by atoms with Crippen molar-refractivity contribution in [1.82, 2.24) is 0 Å². The Morgan fingerprint density at radius 1 is 1.11 bits per heavy atom. The van der Waals surface area contributed by atoms with Gasteiger partial charge in [-0.2, -0.15) is 0 Å². The maximum atomic E-state index is 5.99. The number of anilines is 3. The van der Waals surface area contributed by atoms with Crippen LogP contribution in [0.3, 0.4) is 0 Å². The number of nitrogen functional groups attached to an aromatic ring is 1. The Bertz CT molecular complexity index is 575. The van der Waals surface area contributed by atoms with Gasteiger partial charge in [-0.25, -0.2) is 0 Å². The molecule has 5 heteroatoms. The molecule has 0 saturated carbocycles. The van der Waals surface area contributed by atoms with Crippen molar-refractivity contribution in [2.75, 3.05) is 16.4 Å². The number of rotatable bonds is 2. The molecule has 0 fully saturated rings. The average molecular weight is 277 g/mol. The zero-order valence-electron chi connectivity index (χ0n) is 10.3. The van der Waals surface area contributed by atoms with Gasteiger partial charge in [-0.15, -0.1) is 11.3 Å². The Labute approximate surface area is 116 Å². The van der Waals surface area contributed by atoms with E-state index in [1.807, 2.05) is 37.4 Å². The molecule has 2 aromatic rings. The predicted octanol–water partition coefficient (Wildman–Crippen LogP) is 3.76. The molecule has 1 aromatic heterocycles. The van der Waals surface area contributed by atoms with Gasteiger partial charge in [-0.3, -0.25) is 0 Å². The third-order valence-electron chi connectivity index (χ3n) is 2.68. The van der Waals surface area contributed by atoms with Crippen LogP contribution in [0.15, 0.2) is 29.0 Å². The SMILES string of the molecule is Cc1cscc1NC(=S)Nc1cccc(C)c1N. The third-order valence-corrected chi connectivity index (χ3v) is 3.74. The number of nitrogens with one attached hydrogen (secondary N) is 2. The second-order valence-corrected chi connectivity index (χ2v) is 5.24. The summed E-state index contributed by atoms with van der Waals surface area (Å²) in [5.74, 6) is 0. The van der Waals surface area contributed by atoms with E-state index in [1.165, 1.54) is 5.56 Å². The smallest absolute Gasteiger partial charge is 0.175 e. The van der Waals surface area contributed by atoms with Gasteiger partial charge >= 0.3 is 0 Å². The number of thiocarbonyl (C=S) groups is 1. The van der Waals surface area contributed by atoms with Crippen molar-refractivity contribution < 1.29 is 0 Å². The van der Waals surface area contributed by atoms with E-state index in [0.717, 1.165) is 22.6 Å². The molecule has 2 rings (SSSR count). The molecule has 0 aliphatic heterocycles. The Kier molecular flexibility index (Phi) is 3.84. The first kappa shape index (κ1) is 12.9. The highest BCUT2D eigenvalue weighted by molar-refractivity contribution is 7.80. The normalized spacial score (nSPS) is 10.1. The van der Waals surface area contributed by atoms with Crippen LogP contribution < -0.4 is 16.4 Å². The maximum absolute atomic E-state index is 5.99. The van der Waals surface area contributed by atoms with E-state index in [9.17, 15) is 0 Å². The molecule has 0 atom stereocenters. The first-order chi connectivity index (χ1) is 8.58. The van der Waals surface area contributed by atoms with E-state index in [2.05, 4.69) is 16.0 Å². The fraction of sp³-hybridized carbons (Fsp3) is 0.154. The van der Waals surface area contributed by atoms with Crippen LogP contribution in [-0.2, 0) is 0 Å². The fourth-order valence-electron chi connectivity index (χ4n) is 1.55. The van der Waals surface area contributed by atoms with Gasteiger partial charge in [0.2, 0.25) is 0 Å². The molecule has 94 valence electrons. The van der Waals surface area contributed by atoms with Crippen LogP contribution in [0.2, 0.25) is 0 Å². The molecule has 0 amide bonds. The summed E-state index contributed by atoms with van der Waals surface area (Å²) in [5.41, 5.74) is 10.8. The first-order valence-corrected chi connectivity index (χ1v) is 6.89. The summed E-state index contributed by atoms with van der Waals surface area (Å²) >= 11 is 6.92. The molecular formula is C13H15N3S2. The molecule has 0 radical (unpaired) electrons. The van der Waals surface area contributed by atoms with Gasteiger partial charge in [-0.1, -0.05) is 12.1 Å². The summed E-state index contributed by atoms with van der Waals surface area (Å²) in [6, 6.07) is 5.84. The predicted molar refractivity (Wildman–Crippen MR) is 84.5 cm³/mol. The number of thiophene rings is 1. The second kappa shape index (κ2) is 5.37. The Morgan fingerprint density at radius 3 is 2.50 bits per heavy atom. The van der Waals surface area contributed by atoms with Gasteiger partial charge in [0.1, 0.15) is 0 Å². The van der Waals surface area contributed by atoms with Gasteiger partial charge in [0.05, 0.1) is 17.1 Å². The molecule has 0 aliphatic rings. The monoisotopic (exact) mass is 277 g/mol. The third kappa shape index (κ3) is 2.80. The van der Waals surface area contributed by atoms with Gasteiger partial charge in [0.15, 0.2) is 5.11 Å². The summed E-state index contributed by atoms with van der Waals surface area (Å²) < 4.78 is 0. The molecule has 0 unspecified atom stereocenters. The van der Waals surface area contributed by atoms with Crippen LogP contribution in [0.25, 0.3) is 0 Å². The molecule has 0 saturated heterocycles. The number of hydrogen-bond donors (Lipinski definition) is 3. The van der Waals surface area contributed by atoms with Crippen LogP contribution >= 0.6 is 23.6 Å². The molecular weight excluding hydrogens is 262 g/mol. The minimum absolute atomic E-state index is 0.550. The Balaban J connectivity index is 2.08. The average Bonchev–Trinajstić information content (AvgIpc) is 2.71. The number of para-hydroxylation sites is 1. The van der Waals surface area contributed by atoms with Crippen molar-refractivity contribution in [3.63, 3.8) is 0 Å². The van der Waals surface area contributed by atoms with Crippen LogP contribution in [-0.4, -0.2) is 5.11 Å². The van der Waals surface area contributed by atoms with Crippen LogP contribution in [0.5, 0.6) is 0 Å². The summed E-state index contributed by atoms with van der Waals surface area (Å²) in [6.07, 6.45) is 0. The lowest BCUT2D eigenvalue weighted by molar-refractivity contribution is 1.46. The van der Waals surface area contributed by atoms with Crippen LogP contribution in [0.1, 0.15) is 11.1 Å². The number of benzene rings is 1. The van der Waals surface area contributed by atoms with Crippen molar-refractivity contribution in [3.05, 3.63) is 40.1 Å². The highest BCUT2D eigenvalue weighted by Crippen LogP contribution is 2.23. The molecule has 1 heterocycles. The molecule has 0 bridgehead atoms. The van der Waals surface area contributed by atoms with Crippen molar-refractivity contribution in [3.8, 4) is 0 Å². The highest BCUT2D eigenvalue weighted by Gasteiger charge is 2.05. The van der Waals surface area contributed by atoms with Crippen molar-refractivity contribution >= 4 is 45.7 Å². The van der Waals surface area contributed by atoms with E-state index in [-0.39, 0.29) is 0 Å². The zero-order chi connectivity index (χ0) is 13.1. The highest BCUT2D eigenvalue weighted by atomic mass is 32.1. The lowest BCUT2D eigenvalue weighted by Gasteiger charge is -2.13. The van der Waals surface area contributed by atoms with Crippen LogP contribution in [0.4, 0.5) is 17.1 Å². The lowest BCUT2D eigenvalue weighted by atomic mass is 10.2. The summed E-state index contributed by atoms with van der Waals surface area (Å²) in [6.45, 7) is 4.02. The summed E-state index contributed by atoms with van der Waals surface area (Å²) in [7, 11) is 0. The number of hydrogen-bond acceptors (Lipinski definition) is 3. The fourth-order valence-corrected chi connectivity index (χ4v) is 2.55. The topological polar surface area (TPSA) is 50.1 Å². The van der Waals surface area contributed by atoms with Gasteiger partial charge in [0.25, 0.3) is 0 Å². The van der Waals surface area contributed by atoms with Crippen LogP contribution in [0, 0.1) is 13.8 Å². The molecule has 1 aromatic carbocycles. The quantitative estimate of drug-likeness (QED) is 0.578. The molecule has 18 heavy (non-hydrogen) atoms. The van der Waals surface area contributed by atoms with Gasteiger partial charge in [-0.05, 0) is 48.6 Å². The van der Waals surface area contributed by atoms with Crippen molar-refractivity contribution in [2.24, 2.45) is 0 Å². The van der Waals surface area contributed by atoms with E-state index >= 15 is 0 Å². The first-order valence-electron chi connectivity index (χ1n) is 5.54. The minimum Gasteiger partial charge on any atom is -0.397 e. The van der Waals surface area contributed by atoms with Crippen molar-refractivity contribution in [1.29, 1.82) is 0 Å². The largest absolute Gasteiger partial charge is 0.397 e. The van der Waals surface area contributed by atoms with Gasteiger partial charge < -0.3 is 16.4 Å². The van der Waals surface area contributed by atoms with E-state index in [0.29, 0.717) is 5.11 Å². The standard InChI is InChI=1S/C13H15N3S2/c1-8-4-3-5-10(12(8)14)15-13(17)16-11-7-18-6-9(11)2/h3-7H,14H2,1-2H3,(H2,15,16,17). The van der Waals surface area contributed by atoms with E-state index in [1.54, 1.807) is 11.3 Å². The zero-order valence-corrected chi connectivity index (χ0v) is 11.9. The van der Waals surface area contributed by atoms with E-state index < -0.39 is 0 Å². The van der Waals surface area contributed by atoms with Gasteiger partial charge in [0, 0.05) is 5.38 Å². The lowest BCUT2D eigenvalue weighted by Crippen LogP contribution is -2.20. The van der Waals surface area contributed by atoms with Crippen molar-refractivity contribution in [2.45, 2.75) is 13.8 Å². The van der Waals surface area contributed by atoms with E-state index in [4.69, 9.17) is 18.0 Å². The molecule has 4 N–H and O–H groups in total.